The largest absolute Gasteiger partial charge is 0.490 e. The van der Waals surface area contributed by atoms with E-state index in [-0.39, 0.29) is 11.9 Å². The first-order valence-electron chi connectivity index (χ1n) is 6.30. The fourth-order valence-electron chi connectivity index (χ4n) is 2.51. The van der Waals surface area contributed by atoms with Crippen LogP contribution in [0.2, 0.25) is 0 Å². The van der Waals surface area contributed by atoms with Crippen LogP contribution in [0.3, 0.4) is 0 Å². The van der Waals surface area contributed by atoms with Gasteiger partial charge in [-0.25, -0.2) is 4.39 Å². The fourth-order valence-corrected chi connectivity index (χ4v) is 2.95. The maximum absolute atomic E-state index is 13.2. The average molecular weight is 301 g/mol. The zero-order chi connectivity index (χ0) is 12.3. The van der Waals surface area contributed by atoms with Crippen molar-refractivity contribution >= 4 is 15.9 Å². The number of benzene rings is 1. The average Bonchev–Trinajstić information content (AvgIpc) is 2.28. The quantitative estimate of drug-likeness (QED) is 0.768. The Morgan fingerprint density at radius 2 is 2.18 bits per heavy atom. The van der Waals surface area contributed by atoms with E-state index < -0.39 is 0 Å². The van der Waals surface area contributed by atoms with Crippen LogP contribution in [0.5, 0.6) is 5.75 Å². The summed E-state index contributed by atoms with van der Waals surface area (Å²) < 4.78 is 19.8. The van der Waals surface area contributed by atoms with Gasteiger partial charge in [0.2, 0.25) is 0 Å². The van der Waals surface area contributed by atoms with Crippen molar-refractivity contribution in [3.8, 4) is 5.75 Å². The molecule has 0 spiro atoms. The van der Waals surface area contributed by atoms with E-state index in [9.17, 15) is 4.39 Å². The molecular weight excluding hydrogens is 283 g/mol. The van der Waals surface area contributed by atoms with Gasteiger partial charge in [-0.2, -0.15) is 0 Å². The summed E-state index contributed by atoms with van der Waals surface area (Å²) in [6.07, 6.45) is 6.19. The fraction of sp³-hybridized carbons (Fsp3) is 0.571. The van der Waals surface area contributed by atoms with Crippen LogP contribution < -0.4 is 4.74 Å². The second-order valence-electron chi connectivity index (χ2n) is 4.79. The summed E-state index contributed by atoms with van der Waals surface area (Å²) in [7, 11) is 0. The second-order valence-corrected chi connectivity index (χ2v) is 5.70. The minimum absolute atomic E-state index is 0.252. The van der Waals surface area contributed by atoms with Crippen molar-refractivity contribution in [2.24, 2.45) is 5.92 Å². The summed E-state index contributed by atoms with van der Waals surface area (Å²) in [5, 5.41) is 0. The SMILES string of the molecule is CCC1CCCC(Oc2cc(F)cc(Br)c2)C1. The van der Waals surface area contributed by atoms with Gasteiger partial charge in [-0.15, -0.1) is 0 Å². The summed E-state index contributed by atoms with van der Waals surface area (Å²) in [4.78, 5) is 0. The standard InChI is InChI=1S/C14H18BrFO/c1-2-10-4-3-5-13(6-10)17-14-8-11(15)7-12(16)9-14/h7-10,13H,2-6H2,1H3. The summed E-state index contributed by atoms with van der Waals surface area (Å²) in [6.45, 7) is 2.23. The molecule has 0 amide bonds. The van der Waals surface area contributed by atoms with Gasteiger partial charge in [0.15, 0.2) is 0 Å². The van der Waals surface area contributed by atoms with Crippen molar-refractivity contribution in [3.05, 3.63) is 28.5 Å². The Morgan fingerprint density at radius 1 is 1.35 bits per heavy atom. The van der Waals surface area contributed by atoms with Crippen molar-refractivity contribution in [2.45, 2.75) is 45.1 Å². The first-order chi connectivity index (χ1) is 8.17. The first-order valence-corrected chi connectivity index (χ1v) is 7.09. The Bertz CT molecular complexity index is 360. The predicted molar refractivity (Wildman–Crippen MR) is 70.8 cm³/mol. The third-order valence-corrected chi connectivity index (χ3v) is 3.91. The lowest BCUT2D eigenvalue weighted by atomic mass is 9.85. The Balaban J connectivity index is 2.00. The molecule has 1 aliphatic rings. The van der Waals surface area contributed by atoms with Gasteiger partial charge in [-0.3, -0.25) is 0 Å². The molecule has 94 valence electrons. The van der Waals surface area contributed by atoms with Crippen molar-refractivity contribution in [1.82, 2.24) is 0 Å². The normalized spacial score (nSPS) is 24.6. The van der Waals surface area contributed by atoms with Crippen LogP contribution in [0.4, 0.5) is 4.39 Å². The minimum atomic E-state index is -0.253. The van der Waals surface area contributed by atoms with Crippen LogP contribution in [0.1, 0.15) is 39.0 Å². The minimum Gasteiger partial charge on any atom is -0.490 e. The van der Waals surface area contributed by atoms with Gasteiger partial charge in [0.25, 0.3) is 0 Å². The van der Waals surface area contributed by atoms with Gasteiger partial charge in [-0.1, -0.05) is 35.7 Å². The van der Waals surface area contributed by atoms with E-state index in [1.807, 2.05) is 6.07 Å². The number of halogens is 2. The van der Waals surface area contributed by atoms with Crippen molar-refractivity contribution < 1.29 is 9.13 Å². The van der Waals surface area contributed by atoms with Crippen LogP contribution >= 0.6 is 15.9 Å². The van der Waals surface area contributed by atoms with Gasteiger partial charge in [0, 0.05) is 10.5 Å². The maximum atomic E-state index is 13.2. The molecule has 0 radical (unpaired) electrons. The Hall–Kier alpha value is -0.570. The topological polar surface area (TPSA) is 9.23 Å². The second kappa shape index (κ2) is 5.85. The van der Waals surface area contributed by atoms with E-state index >= 15 is 0 Å². The number of hydrogen-bond acceptors (Lipinski definition) is 1. The van der Waals surface area contributed by atoms with E-state index in [1.165, 1.54) is 31.4 Å². The summed E-state index contributed by atoms with van der Waals surface area (Å²) in [5.74, 6) is 1.15. The van der Waals surface area contributed by atoms with E-state index in [0.717, 1.165) is 23.2 Å². The third-order valence-electron chi connectivity index (χ3n) is 3.45. The van der Waals surface area contributed by atoms with Gasteiger partial charge in [0.1, 0.15) is 11.6 Å². The molecule has 1 saturated carbocycles. The van der Waals surface area contributed by atoms with Gasteiger partial charge in [0.05, 0.1) is 6.10 Å². The van der Waals surface area contributed by atoms with Crippen LogP contribution in [-0.4, -0.2) is 6.10 Å². The molecule has 2 unspecified atom stereocenters. The highest BCUT2D eigenvalue weighted by atomic mass is 79.9. The Morgan fingerprint density at radius 3 is 2.88 bits per heavy atom. The van der Waals surface area contributed by atoms with Crippen LogP contribution in [0.25, 0.3) is 0 Å². The molecule has 1 aromatic rings. The monoisotopic (exact) mass is 300 g/mol. The van der Waals surface area contributed by atoms with Crippen LogP contribution in [0.15, 0.2) is 22.7 Å². The number of hydrogen-bond donors (Lipinski definition) is 0. The molecule has 2 rings (SSSR count). The zero-order valence-corrected chi connectivity index (χ0v) is 11.7. The van der Waals surface area contributed by atoms with E-state index in [2.05, 4.69) is 22.9 Å². The smallest absolute Gasteiger partial charge is 0.128 e. The summed E-state index contributed by atoms with van der Waals surface area (Å²) in [6, 6.07) is 4.74. The van der Waals surface area contributed by atoms with Gasteiger partial charge >= 0.3 is 0 Å². The van der Waals surface area contributed by atoms with Gasteiger partial charge in [-0.05, 0) is 37.3 Å². The predicted octanol–water partition coefficient (Wildman–Crippen LogP) is 4.94. The summed E-state index contributed by atoms with van der Waals surface area (Å²) in [5.41, 5.74) is 0. The molecule has 0 saturated heterocycles. The highest BCUT2D eigenvalue weighted by Gasteiger charge is 2.22. The van der Waals surface area contributed by atoms with Crippen molar-refractivity contribution in [1.29, 1.82) is 0 Å². The molecule has 0 heterocycles. The van der Waals surface area contributed by atoms with E-state index in [0.29, 0.717) is 5.75 Å². The lowest BCUT2D eigenvalue weighted by molar-refractivity contribution is 0.121. The third kappa shape index (κ3) is 3.70. The zero-order valence-electron chi connectivity index (χ0n) is 10.1. The molecule has 0 bridgehead atoms. The molecule has 17 heavy (non-hydrogen) atoms. The van der Waals surface area contributed by atoms with E-state index in [4.69, 9.17) is 4.74 Å². The van der Waals surface area contributed by atoms with Crippen molar-refractivity contribution in [3.63, 3.8) is 0 Å². The highest BCUT2D eigenvalue weighted by Crippen LogP contribution is 2.30. The highest BCUT2D eigenvalue weighted by molar-refractivity contribution is 9.10. The first kappa shape index (κ1) is 12.9. The van der Waals surface area contributed by atoms with Crippen molar-refractivity contribution in [2.75, 3.05) is 0 Å². The molecule has 2 atom stereocenters. The van der Waals surface area contributed by atoms with Crippen LogP contribution in [0, 0.1) is 11.7 Å². The lowest BCUT2D eigenvalue weighted by Crippen LogP contribution is -2.25. The molecule has 1 aliphatic carbocycles. The molecule has 0 N–H and O–H groups in total. The molecule has 1 aromatic carbocycles. The Kier molecular flexibility index (Phi) is 4.43. The number of rotatable bonds is 3. The maximum Gasteiger partial charge on any atom is 0.128 e. The molecule has 1 nitrogen and oxygen atoms in total. The number of ether oxygens (including phenoxy) is 1. The molecular formula is C14H18BrFO. The summed E-state index contributed by atoms with van der Waals surface area (Å²) >= 11 is 3.28. The van der Waals surface area contributed by atoms with Gasteiger partial charge < -0.3 is 4.74 Å². The Labute approximate surface area is 110 Å². The van der Waals surface area contributed by atoms with Crippen LogP contribution in [-0.2, 0) is 0 Å². The lowest BCUT2D eigenvalue weighted by Gasteiger charge is -2.29. The molecule has 0 aliphatic heterocycles. The molecule has 1 fully saturated rings. The van der Waals surface area contributed by atoms with E-state index in [1.54, 1.807) is 0 Å². The molecule has 0 aromatic heterocycles. The molecule has 3 heteroatoms.